The van der Waals surface area contributed by atoms with Gasteiger partial charge in [0.25, 0.3) is 0 Å². The van der Waals surface area contributed by atoms with E-state index in [1.165, 1.54) is 7.11 Å². The van der Waals surface area contributed by atoms with Crippen LogP contribution >= 0.6 is 0 Å². The van der Waals surface area contributed by atoms with E-state index in [-0.39, 0.29) is 12.3 Å². The minimum Gasteiger partial charge on any atom is -0.480 e. The average Bonchev–Trinajstić information content (AvgIpc) is 3.22. The van der Waals surface area contributed by atoms with Gasteiger partial charge in [-0.05, 0) is 11.6 Å². The molecule has 2 heterocycles. The van der Waals surface area contributed by atoms with Crippen LogP contribution in [0.4, 0.5) is 10.5 Å². The summed E-state index contributed by atoms with van der Waals surface area (Å²) in [5.74, 6) is -0.301. The molecular weight excluding hydrogens is 362 g/mol. The lowest BCUT2D eigenvalue weighted by Gasteiger charge is -2.18. The predicted molar refractivity (Wildman–Crippen MR) is 102 cm³/mol. The topological polar surface area (TPSA) is 129 Å². The van der Waals surface area contributed by atoms with Crippen LogP contribution in [0.1, 0.15) is 5.56 Å². The maximum atomic E-state index is 12.8. The monoisotopic (exact) mass is 381 g/mol. The van der Waals surface area contributed by atoms with Crippen molar-refractivity contribution >= 4 is 17.7 Å². The van der Waals surface area contributed by atoms with Gasteiger partial charge in [0.2, 0.25) is 11.8 Å². The molecule has 1 aromatic carbocycles. The van der Waals surface area contributed by atoms with Crippen molar-refractivity contribution in [3.63, 3.8) is 0 Å². The molecule has 9 heteroatoms. The van der Waals surface area contributed by atoms with Crippen LogP contribution in [0.5, 0.6) is 5.88 Å². The van der Waals surface area contributed by atoms with Gasteiger partial charge in [0.05, 0.1) is 13.3 Å². The number of nitrogens with one attached hydrogen (secondary N) is 3. The van der Waals surface area contributed by atoms with Crippen molar-refractivity contribution in [2.24, 2.45) is 0 Å². The fraction of sp³-hybridized carbons (Fsp3) is 0.158. The van der Waals surface area contributed by atoms with Crippen LogP contribution in [0, 0.1) is 0 Å². The van der Waals surface area contributed by atoms with Crippen molar-refractivity contribution in [3.05, 3.63) is 60.6 Å². The van der Waals surface area contributed by atoms with Gasteiger partial charge >= 0.3 is 6.09 Å². The number of aromatic nitrogens is 3. The van der Waals surface area contributed by atoms with Crippen LogP contribution in [0.25, 0.3) is 11.1 Å². The Morgan fingerprint density at radius 3 is 2.64 bits per heavy atom. The van der Waals surface area contributed by atoms with E-state index in [1.54, 1.807) is 24.7 Å². The van der Waals surface area contributed by atoms with E-state index in [2.05, 4.69) is 25.8 Å². The number of carboxylic acid groups (broad SMARTS) is 1. The molecule has 0 saturated heterocycles. The Morgan fingerprint density at radius 2 is 2.00 bits per heavy atom. The smallest absolute Gasteiger partial charge is 0.405 e. The number of hydrogen-bond acceptors (Lipinski definition) is 5. The molecule has 0 aliphatic rings. The number of anilines is 1. The predicted octanol–water partition coefficient (Wildman–Crippen LogP) is 2.30. The number of carbonyl (C=O) groups excluding carboxylic acids is 1. The summed E-state index contributed by atoms with van der Waals surface area (Å²) in [7, 11) is 1.44. The molecule has 0 fully saturated rings. The Balaban J connectivity index is 1.83. The Labute approximate surface area is 160 Å². The molecular formula is C19H19N5O4. The number of H-pyrrole nitrogens is 1. The lowest BCUT2D eigenvalue weighted by molar-refractivity contribution is -0.118. The Morgan fingerprint density at radius 1 is 1.21 bits per heavy atom. The van der Waals surface area contributed by atoms with Gasteiger partial charge in [-0.1, -0.05) is 30.3 Å². The third kappa shape index (κ3) is 4.64. The second kappa shape index (κ2) is 8.67. The minimum atomic E-state index is -1.28. The number of hydrogen-bond donors (Lipinski definition) is 4. The highest BCUT2D eigenvalue weighted by atomic mass is 16.5. The molecule has 9 nitrogen and oxygen atoms in total. The van der Waals surface area contributed by atoms with Crippen molar-refractivity contribution in [1.82, 2.24) is 20.5 Å². The van der Waals surface area contributed by atoms with Crippen molar-refractivity contribution in [2.45, 2.75) is 12.5 Å². The summed E-state index contributed by atoms with van der Waals surface area (Å²) < 4.78 is 5.21. The number of amides is 2. The number of methoxy groups -OCH3 is 1. The molecule has 0 saturated carbocycles. The third-order valence-electron chi connectivity index (χ3n) is 4.03. The lowest BCUT2D eigenvalue weighted by atomic mass is 10.1. The van der Waals surface area contributed by atoms with Crippen molar-refractivity contribution in [1.29, 1.82) is 0 Å². The molecule has 4 N–H and O–H groups in total. The molecule has 3 aromatic rings. The molecule has 0 unspecified atom stereocenters. The number of carbonyl (C=O) groups is 2. The van der Waals surface area contributed by atoms with E-state index in [1.807, 2.05) is 30.3 Å². The van der Waals surface area contributed by atoms with E-state index >= 15 is 0 Å². The van der Waals surface area contributed by atoms with Gasteiger partial charge < -0.3 is 20.5 Å². The van der Waals surface area contributed by atoms with E-state index in [0.717, 1.165) is 16.7 Å². The molecule has 0 aliphatic heterocycles. The van der Waals surface area contributed by atoms with E-state index in [9.17, 15) is 9.59 Å². The zero-order valence-electron chi connectivity index (χ0n) is 15.0. The van der Waals surface area contributed by atoms with Gasteiger partial charge in [-0.15, -0.1) is 0 Å². The number of ether oxygens (including phenoxy) is 1. The third-order valence-corrected chi connectivity index (χ3v) is 4.03. The highest BCUT2D eigenvalue weighted by Gasteiger charge is 2.23. The van der Waals surface area contributed by atoms with Gasteiger partial charge in [-0.3, -0.25) is 9.89 Å². The van der Waals surface area contributed by atoms with Crippen molar-refractivity contribution < 1.29 is 19.4 Å². The lowest BCUT2D eigenvalue weighted by Crippen LogP contribution is -2.44. The number of benzene rings is 1. The summed E-state index contributed by atoms with van der Waals surface area (Å²) in [6.45, 7) is 0. The highest BCUT2D eigenvalue weighted by Crippen LogP contribution is 2.27. The van der Waals surface area contributed by atoms with Crippen LogP contribution in [0.2, 0.25) is 0 Å². The standard InChI is InChI=1S/C19H19N5O4/c1-28-18-16(8-13(9-20-18)14-10-21-22-11-14)23-17(25)15(24-19(26)27)7-12-5-3-2-4-6-12/h2-6,8-11,15,24H,7H2,1H3,(H,21,22)(H,23,25)(H,26,27)/t15-/m0/s1. The quantitative estimate of drug-likeness (QED) is 0.497. The van der Waals surface area contributed by atoms with Gasteiger partial charge in [0, 0.05) is 29.9 Å². The fourth-order valence-electron chi connectivity index (χ4n) is 2.70. The molecule has 2 amide bonds. The summed E-state index contributed by atoms with van der Waals surface area (Å²) in [5.41, 5.74) is 2.66. The molecule has 1 atom stereocenters. The van der Waals surface area contributed by atoms with E-state index in [4.69, 9.17) is 9.84 Å². The largest absolute Gasteiger partial charge is 0.480 e. The second-order valence-electron chi connectivity index (χ2n) is 5.95. The first-order valence-corrected chi connectivity index (χ1v) is 8.44. The first kappa shape index (κ1) is 18.9. The van der Waals surface area contributed by atoms with Gasteiger partial charge in [0.1, 0.15) is 11.7 Å². The fourth-order valence-corrected chi connectivity index (χ4v) is 2.70. The Bertz CT molecular complexity index is 944. The van der Waals surface area contributed by atoms with Gasteiger partial charge in [-0.2, -0.15) is 5.10 Å². The maximum absolute atomic E-state index is 12.8. The SMILES string of the molecule is COc1ncc(-c2cn[nH]c2)cc1NC(=O)[C@H](Cc1ccccc1)NC(=O)O. The zero-order chi connectivity index (χ0) is 19.9. The first-order valence-electron chi connectivity index (χ1n) is 8.44. The zero-order valence-corrected chi connectivity index (χ0v) is 15.0. The summed E-state index contributed by atoms with van der Waals surface area (Å²) >= 11 is 0. The van der Waals surface area contributed by atoms with Gasteiger partial charge in [-0.25, -0.2) is 9.78 Å². The molecule has 2 aromatic heterocycles. The molecule has 0 radical (unpaired) electrons. The Kier molecular flexibility index (Phi) is 5.85. The summed E-state index contributed by atoms with van der Waals surface area (Å²) in [5, 5.41) is 20.7. The van der Waals surface area contributed by atoms with Crippen molar-refractivity contribution in [3.8, 4) is 17.0 Å². The minimum absolute atomic E-state index is 0.205. The van der Waals surface area contributed by atoms with Crippen LogP contribution in [0.3, 0.4) is 0 Å². The molecule has 0 spiro atoms. The first-order chi connectivity index (χ1) is 13.6. The summed E-state index contributed by atoms with van der Waals surface area (Å²) in [6.07, 6.45) is 3.83. The van der Waals surface area contributed by atoms with Crippen molar-refractivity contribution in [2.75, 3.05) is 12.4 Å². The second-order valence-corrected chi connectivity index (χ2v) is 5.95. The van der Waals surface area contributed by atoms with E-state index in [0.29, 0.717) is 5.69 Å². The molecule has 0 aliphatic carbocycles. The van der Waals surface area contributed by atoms with Gasteiger partial charge in [0.15, 0.2) is 0 Å². The Hall–Kier alpha value is -3.88. The summed E-state index contributed by atoms with van der Waals surface area (Å²) in [4.78, 5) is 28.1. The van der Waals surface area contributed by atoms with Crippen LogP contribution < -0.4 is 15.4 Å². The molecule has 144 valence electrons. The average molecular weight is 381 g/mol. The molecule has 3 rings (SSSR count). The summed E-state index contributed by atoms with van der Waals surface area (Å²) in [6, 6.07) is 9.85. The maximum Gasteiger partial charge on any atom is 0.405 e. The number of aromatic amines is 1. The number of rotatable bonds is 7. The number of pyridine rings is 1. The van der Waals surface area contributed by atoms with Crippen LogP contribution in [-0.4, -0.2) is 45.4 Å². The van der Waals surface area contributed by atoms with E-state index < -0.39 is 18.0 Å². The van der Waals surface area contributed by atoms with Crippen LogP contribution in [-0.2, 0) is 11.2 Å². The molecule has 0 bridgehead atoms. The van der Waals surface area contributed by atoms with Crippen LogP contribution in [0.15, 0.2) is 55.0 Å². The number of nitrogens with zero attached hydrogens (tertiary/aromatic N) is 2. The highest BCUT2D eigenvalue weighted by molar-refractivity contribution is 5.98. The normalized spacial score (nSPS) is 11.5. The molecule has 28 heavy (non-hydrogen) atoms.